The minimum Gasteiger partial charge on any atom is -0.192 e. The van der Waals surface area contributed by atoms with Gasteiger partial charge in [-0.05, 0) is 77.6 Å². The van der Waals surface area contributed by atoms with Crippen LogP contribution in [0.25, 0.3) is 21.5 Å². The second kappa shape index (κ2) is 10.2. The Morgan fingerprint density at radius 2 is 0.780 bits per heavy atom. The van der Waals surface area contributed by atoms with Crippen LogP contribution in [-0.2, 0) is 21.7 Å². The molecule has 0 aromatic heterocycles. The second-order valence-electron chi connectivity index (χ2n) is 16.0. The number of hydrogen-bond donors (Lipinski definition) is 3. The first-order valence-electron chi connectivity index (χ1n) is 14.7. The van der Waals surface area contributed by atoms with Gasteiger partial charge in [-0.2, -0.15) is 14.7 Å². The maximum absolute atomic E-state index is 11.2. The Bertz CT molecular complexity index is 1480. The lowest BCUT2D eigenvalue weighted by molar-refractivity contribution is 0.320. The normalized spacial score (nSPS) is 14.0. The molecule has 0 aliphatic carbocycles. The molecule has 0 atom stereocenters. The lowest BCUT2D eigenvalue weighted by atomic mass is 9.76. The molecule has 4 aromatic carbocycles. The predicted octanol–water partition coefficient (Wildman–Crippen LogP) is 10.0. The Kier molecular flexibility index (Phi) is 7.84. The lowest BCUT2D eigenvalue weighted by Gasteiger charge is -2.32. The van der Waals surface area contributed by atoms with E-state index in [1.807, 2.05) is 0 Å². The molecule has 0 heterocycles. The molecular formula is C37H50O3P+. The fraction of sp³-hybridized carbons (Fsp3) is 0.459. The number of hydrogen-bond acceptors (Lipinski definition) is 3. The molecule has 3 nitrogen and oxygen atoms in total. The second-order valence-corrected chi connectivity index (χ2v) is 17.8. The molecule has 0 saturated carbocycles. The minimum atomic E-state index is -4.39. The fourth-order valence-electron chi connectivity index (χ4n) is 5.86. The molecule has 3 N–H and O–H groups in total. The molecule has 0 spiro atoms. The van der Waals surface area contributed by atoms with E-state index in [1.165, 1.54) is 11.1 Å². The van der Waals surface area contributed by atoms with Crippen LogP contribution in [0.4, 0.5) is 0 Å². The summed E-state index contributed by atoms with van der Waals surface area (Å²) in [5.41, 5.74) is 4.52. The fourth-order valence-corrected chi connectivity index (χ4v) is 7.03. The molecule has 0 saturated heterocycles. The van der Waals surface area contributed by atoms with Gasteiger partial charge in [0.15, 0.2) is 0 Å². The van der Waals surface area contributed by atoms with E-state index in [-0.39, 0.29) is 21.7 Å². The smallest absolute Gasteiger partial charge is 0.192 e. The van der Waals surface area contributed by atoms with E-state index in [4.69, 9.17) is 0 Å². The van der Waals surface area contributed by atoms with Gasteiger partial charge in [0.05, 0.1) is 0 Å². The third-order valence-electron chi connectivity index (χ3n) is 8.30. The summed E-state index contributed by atoms with van der Waals surface area (Å²) in [5, 5.41) is 4.28. The van der Waals surface area contributed by atoms with Crippen LogP contribution in [0, 0.1) is 0 Å². The van der Waals surface area contributed by atoms with E-state index in [0.717, 1.165) is 43.8 Å². The highest BCUT2D eigenvalue weighted by molar-refractivity contribution is 7.59. The van der Waals surface area contributed by atoms with Gasteiger partial charge in [-0.15, -0.1) is 0 Å². The van der Waals surface area contributed by atoms with Gasteiger partial charge < -0.3 is 0 Å². The molecule has 0 aliphatic heterocycles. The quantitative estimate of drug-likeness (QED) is 0.214. The molecule has 0 radical (unpaired) electrons. The number of fused-ring (bicyclic) bond motifs is 2. The maximum atomic E-state index is 11.2. The van der Waals surface area contributed by atoms with E-state index < -0.39 is 13.6 Å². The molecule has 4 rings (SSSR count). The average molecular weight is 574 g/mol. The van der Waals surface area contributed by atoms with Crippen LogP contribution in [0.15, 0.2) is 60.7 Å². The molecular weight excluding hydrogens is 523 g/mol. The molecule has 0 fully saturated rings. The van der Waals surface area contributed by atoms with Crippen molar-refractivity contribution < 1.29 is 14.7 Å². The van der Waals surface area contributed by atoms with E-state index in [0.29, 0.717) is 0 Å². The monoisotopic (exact) mass is 573 g/mol. The molecule has 4 aromatic rings. The summed E-state index contributed by atoms with van der Waals surface area (Å²) < 4.78 is 0. The predicted molar refractivity (Wildman–Crippen MR) is 178 cm³/mol. The summed E-state index contributed by atoms with van der Waals surface area (Å²) in [6, 6.07) is 21.6. The maximum Gasteiger partial charge on any atom is 0.416 e. The van der Waals surface area contributed by atoms with Gasteiger partial charge in [0, 0.05) is 11.1 Å². The highest BCUT2D eigenvalue weighted by Crippen LogP contribution is 2.65. The van der Waals surface area contributed by atoms with Crippen LogP contribution >= 0.6 is 7.94 Å². The third-order valence-corrected chi connectivity index (χ3v) is 9.55. The van der Waals surface area contributed by atoms with Crippen LogP contribution in [0.1, 0.15) is 122 Å². The summed E-state index contributed by atoms with van der Waals surface area (Å²) in [6.07, 6.45) is 0. The number of benzene rings is 4. The van der Waals surface area contributed by atoms with Crippen molar-refractivity contribution in [1.29, 1.82) is 0 Å². The van der Waals surface area contributed by atoms with E-state index in [1.54, 1.807) is 0 Å². The first-order valence-corrected chi connectivity index (χ1v) is 16.4. The minimum absolute atomic E-state index is 0.0127. The van der Waals surface area contributed by atoms with Crippen LogP contribution < -0.4 is 0 Å². The van der Waals surface area contributed by atoms with E-state index >= 15 is 0 Å². The largest absolute Gasteiger partial charge is 0.416 e. The summed E-state index contributed by atoms with van der Waals surface area (Å²) in [5.74, 6) is 0. The van der Waals surface area contributed by atoms with Crippen molar-refractivity contribution in [1.82, 2.24) is 0 Å². The Balaban J connectivity index is 2.09. The van der Waals surface area contributed by atoms with Gasteiger partial charge in [-0.3, -0.25) is 0 Å². The summed E-state index contributed by atoms with van der Waals surface area (Å²) in [4.78, 5) is 33.7. The number of rotatable bonds is 3. The summed E-state index contributed by atoms with van der Waals surface area (Å²) in [6.45, 7) is 26.2. The first kappa shape index (κ1) is 31.6. The summed E-state index contributed by atoms with van der Waals surface area (Å²) >= 11 is 0. The van der Waals surface area contributed by atoms with E-state index in [2.05, 4.69) is 144 Å². The zero-order valence-electron chi connectivity index (χ0n) is 27.1. The molecule has 4 heteroatoms. The average Bonchev–Trinajstić information content (AvgIpc) is 2.79. The Morgan fingerprint density at radius 3 is 1.05 bits per heavy atom. The van der Waals surface area contributed by atoms with Gasteiger partial charge in [-0.1, -0.05) is 132 Å². The van der Waals surface area contributed by atoms with Crippen LogP contribution in [0.5, 0.6) is 0 Å². The molecule has 0 unspecified atom stereocenters. The molecule has 220 valence electrons. The van der Waals surface area contributed by atoms with E-state index in [9.17, 15) is 14.7 Å². The van der Waals surface area contributed by atoms with Crippen molar-refractivity contribution in [2.75, 3.05) is 0 Å². The van der Waals surface area contributed by atoms with Gasteiger partial charge in [0.2, 0.25) is 5.66 Å². The SMILES string of the molecule is CC(C)(C)c1ccc2cc(C(c3cc4ccc(C(C)(C)C)cc4cc3C(C)(C)C)[P+](O)(O)O)c(C(C)(C)C)cc2c1. The van der Waals surface area contributed by atoms with Crippen molar-refractivity contribution in [3.63, 3.8) is 0 Å². The third kappa shape index (κ3) is 6.55. The Labute approximate surface area is 248 Å². The highest BCUT2D eigenvalue weighted by Gasteiger charge is 2.49. The van der Waals surface area contributed by atoms with Crippen molar-refractivity contribution in [2.45, 2.75) is 110 Å². The van der Waals surface area contributed by atoms with Gasteiger partial charge >= 0.3 is 7.94 Å². The molecule has 41 heavy (non-hydrogen) atoms. The van der Waals surface area contributed by atoms with Crippen LogP contribution in [0.3, 0.4) is 0 Å². The van der Waals surface area contributed by atoms with Crippen LogP contribution in [0.2, 0.25) is 0 Å². The van der Waals surface area contributed by atoms with Crippen LogP contribution in [-0.4, -0.2) is 14.7 Å². The van der Waals surface area contributed by atoms with Crippen molar-refractivity contribution in [3.05, 3.63) is 94.0 Å². The highest BCUT2D eigenvalue weighted by atomic mass is 31.2. The molecule has 0 bridgehead atoms. The topological polar surface area (TPSA) is 60.7 Å². The first-order chi connectivity index (χ1) is 18.5. The van der Waals surface area contributed by atoms with Gasteiger partial charge in [-0.25, -0.2) is 0 Å². The Morgan fingerprint density at radius 1 is 0.439 bits per heavy atom. The zero-order valence-corrected chi connectivity index (χ0v) is 28.0. The standard InChI is InChI=1S/C37H50O3P/c1-34(2,3)27-15-13-23-19-29(31(36(7,8)9)21-25(23)17-27)33(41(38,39)40)30-20-24-14-16-28(35(4,5)6)18-26(24)22-32(30)37(10,11)12/h13-22,33,38-40H,1-12H3/q+1. The van der Waals surface area contributed by atoms with Gasteiger partial charge in [0.25, 0.3) is 0 Å². The lowest BCUT2D eigenvalue weighted by Crippen LogP contribution is -2.22. The van der Waals surface area contributed by atoms with Crippen molar-refractivity contribution in [2.24, 2.45) is 0 Å². The summed E-state index contributed by atoms with van der Waals surface area (Å²) in [7, 11) is -4.39. The zero-order chi connectivity index (χ0) is 30.9. The molecule has 0 aliphatic rings. The molecule has 0 amide bonds. The van der Waals surface area contributed by atoms with Crippen molar-refractivity contribution in [3.8, 4) is 0 Å². The van der Waals surface area contributed by atoms with Gasteiger partial charge in [0.1, 0.15) is 0 Å². The Hall–Kier alpha value is -2.29. The van der Waals surface area contributed by atoms with Crippen molar-refractivity contribution >= 4 is 29.5 Å².